The summed E-state index contributed by atoms with van der Waals surface area (Å²) in [5.74, 6) is 0.402. The Morgan fingerprint density at radius 2 is 1.10 bits per heavy atom. The molecule has 0 spiro atoms. The number of fused-ring (bicyclic) bond motifs is 1. The van der Waals surface area contributed by atoms with Crippen molar-refractivity contribution in [2.75, 3.05) is 39.2 Å². The van der Waals surface area contributed by atoms with Crippen LogP contribution in [-0.2, 0) is 19.4 Å². The lowest BCUT2D eigenvalue weighted by Crippen LogP contribution is -3.09. The van der Waals surface area contributed by atoms with E-state index in [4.69, 9.17) is 5.73 Å². The molecule has 1 unspecified atom stereocenters. The highest BCUT2D eigenvalue weighted by Gasteiger charge is 2.25. The Kier molecular flexibility index (Phi) is 64.9. The molecular formula is C53H98N5O10S+. The number of sulfone groups is 1. The topological polar surface area (TPSA) is 231 Å². The Morgan fingerprint density at radius 1 is 0.725 bits per heavy atom. The van der Waals surface area contributed by atoms with Gasteiger partial charge in [0, 0.05) is 73.8 Å². The first-order valence-electron chi connectivity index (χ1n) is 24.0. The van der Waals surface area contributed by atoms with Gasteiger partial charge in [-0.25, -0.2) is 8.42 Å². The number of nitrogens with one attached hydrogen (secondary N) is 2. The fraction of sp³-hybridized carbons (Fsp3) is 0.585. The first kappa shape index (κ1) is 80.8. The van der Waals surface area contributed by atoms with Crippen LogP contribution in [0.4, 0.5) is 11.4 Å². The van der Waals surface area contributed by atoms with Gasteiger partial charge in [-0.3, -0.25) is 34.6 Å². The zero-order chi connectivity index (χ0) is 54.8. The number of hydrogen-bond donors (Lipinski definition) is 3. The number of ketones is 3. The van der Waals surface area contributed by atoms with E-state index in [0.717, 1.165) is 17.5 Å². The van der Waals surface area contributed by atoms with E-state index in [0.29, 0.717) is 23.6 Å². The molecule has 1 amide bonds. The van der Waals surface area contributed by atoms with Crippen LogP contribution in [0.5, 0.6) is 0 Å². The van der Waals surface area contributed by atoms with Crippen LogP contribution < -0.4 is 16.0 Å². The third-order valence-corrected chi connectivity index (χ3v) is 9.18. The Labute approximate surface area is 420 Å². The number of hydrogen-bond acceptors (Lipinski definition) is 11. The van der Waals surface area contributed by atoms with Crippen LogP contribution in [0.25, 0.3) is 0 Å². The van der Waals surface area contributed by atoms with E-state index in [9.17, 15) is 47.8 Å². The van der Waals surface area contributed by atoms with Gasteiger partial charge >= 0.3 is 0 Å². The number of nitrogens with two attached hydrogens (primary N) is 1. The molecule has 2 aliphatic rings. The number of carbonyl (C=O) groups excluding carboxylic acids is 4. The van der Waals surface area contributed by atoms with Crippen LogP contribution in [0.3, 0.4) is 0 Å². The van der Waals surface area contributed by atoms with Gasteiger partial charge in [0.1, 0.15) is 15.6 Å². The third kappa shape index (κ3) is 57.0. The maximum atomic E-state index is 11.1. The number of nitro benzene ring substituents is 2. The summed E-state index contributed by atoms with van der Waals surface area (Å²) in [4.78, 5) is 62.8. The highest BCUT2D eigenvalue weighted by Crippen LogP contribution is 2.20. The minimum atomic E-state index is -2.66. The predicted octanol–water partition coefficient (Wildman–Crippen LogP) is 11.6. The van der Waals surface area contributed by atoms with E-state index < -0.39 is 19.7 Å². The highest BCUT2D eigenvalue weighted by molar-refractivity contribution is 7.90. The van der Waals surface area contributed by atoms with Gasteiger partial charge in [0.2, 0.25) is 5.91 Å². The largest absolute Gasteiger partial charge is 0.359 e. The predicted molar refractivity (Wildman–Crippen MR) is 293 cm³/mol. The van der Waals surface area contributed by atoms with E-state index in [1.807, 2.05) is 89.2 Å². The molecule has 1 aliphatic heterocycles. The molecule has 3 aromatic carbocycles. The molecule has 69 heavy (non-hydrogen) atoms. The summed E-state index contributed by atoms with van der Waals surface area (Å²) in [6.07, 6.45) is 8.67. The number of likely N-dealkylation sites (tertiary alicyclic amines) is 1. The smallest absolute Gasteiger partial charge is 0.269 e. The maximum Gasteiger partial charge on any atom is 0.269 e. The van der Waals surface area contributed by atoms with Crippen LogP contribution in [-0.4, -0.2) is 86.8 Å². The molecule has 5 rings (SSSR count). The minimum absolute atomic E-state index is 0. The lowest BCUT2D eigenvalue weighted by molar-refractivity contribution is -0.884. The third-order valence-electron chi connectivity index (χ3n) is 8.13. The van der Waals surface area contributed by atoms with Crippen molar-refractivity contribution in [1.29, 1.82) is 0 Å². The molecule has 1 atom stereocenters. The van der Waals surface area contributed by atoms with Gasteiger partial charge in [-0.1, -0.05) is 144 Å². The van der Waals surface area contributed by atoms with Crippen LogP contribution in [0.1, 0.15) is 181 Å². The number of non-ortho nitro benzene ring substituents is 2. The van der Waals surface area contributed by atoms with Crippen molar-refractivity contribution in [2.24, 2.45) is 5.73 Å². The van der Waals surface area contributed by atoms with Crippen molar-refractivity contribution < 1.29 is 42.3 Å². The van der Waals surface area contributed by atoms with Gasteiger partial charge < -0.3 is 20.7 Å². The summed E-state index contributed by atoms with van der Waals surface area (Å²) in [7, 11) is 1.21. The van der Waals surface area contributed by atoms with Crippen molar-refractivity contribution in [3.63, 3.8) is 0 Å². The number of aryl methyl sites for hydroxylation is 2. The van der Waals surface area contributed by atoms with Gasteiger partial charge in [0.15, 0.2) is 11.6 Å². The first-order chi connectivity index (χ1) is 31.9. The van der Waals surface area contributed by atoms with Crippen LogP contribution in [0, 0.1) is 34.1 Å². The Bertz CT molecular complexity index is 1780. The summed E-state index contributed by atoms with van der Waals surface area (Å²) >= 11 is 0. The number of amides is 1. The number of nitrogens with zero attached hydrogens (tertiary/aromatic N) is 2. The van der Waals surface area contributed by atoms with Crippen molar-refractivity contribution in [3.8, 4) is 0 Å². The maximum absolute atomic E-state index is 11.1. The first-order valence-corrected chi connectivity index (χ1v) is 26.0. The molecule has 0 saturated carbocycles. The highest BCUT2D eigenvalue weighted by atomic mass is 32.2. The average Bonchev–Trinajstić information content (AvgIpc) is 3.62. The molecule has 0 radical (unpaired) electrons. The fourth-order valence-electron chi connectivity index (χ4n) is 4.32. The van der Waals surface area contributed by atoms with E-state index >= 15 is 0 Å². The number of benzene rings is 3. The molecule has 400 valence electrons. The molecular weight excluding hydrogens is 899 g/mol. The number of carbonyl (C=O) groups is 4. The van der Waals surface area contributed by atoms with Crippen molar-refractivity contribution in [1.82, 2.24) is 5.32 Å². The van der Waals surface area contributed by atoms with Crippen molar-refractivity contribution >= 4 is 44.5 Å². The lowest BCUT2D eigenvalue weighted by atomic mass is 10.1. The van der Waals surface area contributed by atoms with Crippen LogP contribution >= 0.6 is 0 Å². The Morgan fingerprint density at radius 3 is 1.32 bits per heavy atom. The average molecular weight is 997 g/mol. The van der Waals surface area contributed by atoms with Crippen molar-refractivity contribution in [2.45, 2.75) is 169 Å². The molecule has 0 aromatic heterocycles. The fourth-order valence-corrected chi connectivity index (χ4v) is 4.32. The molecule has 0 bridgehead atoms. The second-order valence-corrected chi connectivity index (χ2v) is 16.5. The summed E-state index contributed by atoms with van der Waals surface area (Å²) in [5, 5.41) is 22.7. The SMILES string of the molecule is C.CC.CC.CC.CC.CCC(C)=O.CCCC(C)N.CCS(C)(=O)=O.CNC(C)=O.C[NH+]1CCCCC1.Cc1ccc([N+](=O)[O-])cc1.Cc1cccc([N+](=O)[O-])c1.O=C1CC(=O)c2ccccc21. The molecule has 1 fully saturated rings. The number of quaternary nitrogens is 1. The van der Waals surface area contributed by atoms with Gasteiger partial charge in [-0.05, 0) is 58.9 Å². The summed E-state index contributed by atoms with van der Waals surface area (Å²) < 4.78 is 20.0. The zero-order valence-corrected chi connectivity index (χ0v) is 46.4. The molecule has 1 saturated heterocycles. The second kappa shape index (κ2) is 55.4. The van der Waals surface area contributed by atoms with Gasteiger partial charge in [-0.2, -0.15) is 0 Å². The number of rotatable bonds is 6. The van der Waals surface area contributed by atoms with E-state index in [1.54, 1.807) is 74.3 Å². The van der Waals surface area contributed by atoms with Crippen LogP contribution in [0.2, 0.25) is 0 Å². The molecule has 1 heterocycles. The monoisotopic (exact) mass is 997 g/mol. The number of Topliss-reactive ketones (excluding diaryl/α,β-unsaturated/α-hetero) is 3. The quantitative estimate of drug-likeness (QED) is 0.119. The standard InChI is InChI=1S/C9H6O2.2C7H7NO2.C6H13N.C5H13N.C4H8O.C3H7NO.C3H8O2S.4C2H6.CH4/c10-8-5-9(11)7-4-2-1-3-6(7)8;1-6-2-4-7(5-3-6)8(9)10;1-6-3-2-4-7(5-6)8(9)10;1-7-5-3-2-4-6-7;1-3-4-5(2)6;1-3-4(2)5;1-3(5)4-2;1-3-6(2,4)5;4*1-2;/h1-4H,5H2;2*2-5H,1H3;2-6H2,1H3;5H,3-4,6H2,1-2H3;3H2,1-2H3;1-2H3,(H,4,5);3H2,1-2H3;4*1-2H3;1H4/p+1. The molecule has 3 aromatic rings. The summed E-state index contributed by atoms with van der Waals surface area (Å²) in [5.41, 5.74) is 8.81. The number of nitro groups is 2. The van der Waals surface area contributed by atoms with E-state index in [1.165, 1.54) is 70.2 Å². The Balaban J connectivity index is -0.000000102. The van der Waals surface area contributed by atoms with Crippen LogP contribution in [0.15, 0.2) is 72.8 Å². The van der Waals surface area contributed by atoms with E-state index in [2.05, 4.69) is 19.3 Å². The normalized spacial score (nSPS) is 11.4. The van der Waals surface area contributed by atoms with E-state index in [-0.39, 0.29) is 54.2 Å². The van der Waals surface area contributed by atoms with Gasteiger partial charge in [0.25, 0.3) is 11.4 Å². The molecule has 1 aliphatic carbocycles. The summed E-state index contributed by atoms with van der Waals surface area (Å²) in [6, 6.07) is 20.3. The lowest BCUT2D eigenvalue weighted by Gasteiger charge is -2.17. The Hall–Kier alpha value is -5.19. The van der Waals surface area contributed by atoms with Gasteiger partial charge in [-0.15, -0.1) is 0 Å². The molecule has 4 N–H and O–H groups in total. The molecule has 15 nitrogen and oxygen atoms in total. The van der Waals surface area contributed by atoms with Crippen molar-refractivity contribution in [3.05, 3.63) is 115 Å². The summed E-state index contributed by atoms with van der Waals surface area (Å²) in [6.45, 7) is 33.2. The second-order valence-electron chi connectivity index (χ2n) is 14.1. The molecule has 16 heteroatoms. The minimum Gasteiger partial charge on any atom is -0.359 e. The number of piperidine rings is 1. The zero-order valence-electron chi connectivity index (χ0n) is 45.5. The van der Waals surface area contributed by atoms with Gasteiger partial charge in [0.05, 0.1) is 36.4 Å².